The molecule has 0 aliphatic heterocycles. The molecule has 1 heterocycles. The first-order chi connectivity index (χ1) is 8.60. The molecule has 0 fully saturated rings. The lowest BCUT2D eigenvalue weighted by Gasteiger charge is -2.07. The highest BCUT2D eigenvalue weighted by atomic mass is 32.2. The van der Waals surface area contributed by atoms with Gasteiger partial charge in [-0.15, -0.1) is 0 Å². The molecular weight excluding hydrogens is 248 g/mol. The zero-order chi connectivity index (χ0) is 13.1. The van der Waals surface area contributed by atoms with Crippen LogP contribution in [0.15, 0.2) is 27.8 Å². The number of nitrogen functional groups attached to an aromatic ring is 1. The van der Waals surface area contributed by atoms with Crippen molar-refractivity contribution >= 4 is 17.4 Å². The molecule has 2 N–H and O–H groups in total. The number of aryl methyl sites for hydroxylation is 2. The maximum Gasteiger partial charge on any atom is 0.256 e. The van der Waals surface area contributed by atoms with E-state index in [-0.39, 0.29) is 0 Å². The van der Waals surface area contributed by atoms with Gasteiger partial charge in [0.05, 0.1) is 12.8 Å². The number of aromatic nitrogens is 1. The number of nitrogens with two attached hydrogens (primary N) is 1. The number of hydrogen-bond acceptors (Lipinski definition) is 5. The van der Waals surface area contributed by atoms with Gasteiger partial charge in [0, 0.05) is 23.1 Å². The molecule has 4 nitrogen and oxygen atoms in total. The van der Waals surface area contributed by atoms with Gasteiger partial charge in [-0.1, -0.05) is 17.8 Å². The molecule has 0 radical (unpaired) electrons. The Kier molecular flexibility index (Phi) is 3.81. The Hall–Kier alpha value is -1.62. The lowest BCUT2D eigenvalue weighted by molar-refractivity contribution is 0.411. The van der Waals surface area contributed by atoms with Crippen LogP contribution < -0.4 is 10.5 Å². The normalized spacial score (nSPS) is 10.6. The molecule has 0 unspecified atom stereocenters. The maximum atomic E-state index is 5.72. The number of benzene rings is 1. The van der Waals surface area contributed by atoms with Crippen molar-refractivity contribution in [3.8, 4) is 5.75 Å². The Bertz CT molecular complexity index is 532. The van der Waals surface area contributed by atoms with Crippen molar-refractivity contribution in [3.05, 3.63) is 35.2 Å². The molecule has 0 saturated carbocycles. The van der Waals surface area contributed by atoms with E-state index in [1.807, 2.05) is 32.0 Å². The second-order valence-electron chi connectivity index (χ2n) is 3.98. The van der Waals surface area contributed by atoms with Crippen molar-refractivity contribution in [2.45, 2.75) is 24.8 Å². The lowest BCUT2D eigenvalue weighted by atomic mass is 10.2. The van der Waals surface area contributed by atoms with Crippen LogP contribution in [0.4, 0.5) is 5.69 Å². The van der Waals surface area contributed by atoms with Crippen LogP contribution in [0.5, 0.6) is 5.75 Å². The van der Waals surface area contributed by atoms with Crippen LogP contribution in [0.25, 0.3) is 0 Å². The summed E-state index contributed by atoms with van der Waals surface area (Å²) < 4.78 is 10.8. The smallest absolute Gasteiger partial charge is 0.256 e. The number of rotatable bonds is 4. The van der Waals surface area contributed by atoms with Crippen molar-refractivity contribution in [2.75, 3.05) is 12.8 Å². The lowest BCUT2D eigenvalue weighted by Crippen LogP contribution is -1.93. The third-order valence-electron chi connectivity index (χ3n) is 2.67. The largest absolute Gasteiger partial charge is 0.496 e. The number of ether oxygens (including phenoxy) is 1. The summed E-state index contributed by atoms with van der Waals surface area (Å²) in [5, 5.41) is 0.684. The molecule has 1 aromatic heterocycles. The van der Waals surface area contributed by atoms with Gasteiger partial charge in [0.2, 0.25) is 0 Å². The van der Waals surface area contributed by atoms with Crippen LogP contribution in [0.2, 0.25) is 0 Å². The summed E-state index contributed by atoms with van der Waals surface area (Å²) in [6.45, 7) is 3.85. The minimum Gasteiger partial charge on any atom is -0.496 e. The fourth-order valence-electron chi connectivity index (χ4n) is 1.52. The Labute approximate surface area is 111 Å². The molecule has 96 valence electrons. The molecular formula is C13H16N2O2S. The van der Waals surface area contributed by atoms with Crippen LogP contribution in [0.1, 0.15) is 17.0 Å². The second kappa shape index (κ2) is 5.35. The monoisotopic (exact) mass is 264 g/mol. The fourth-order valence-corrected chi connectivity index (χ4v) is 2.43. The zero-order valence-electron chi connectivity index (χ0n) is 10.7. The van der Waals surface area contributed by atoms with Gasteiger partial charge in [0.1, 0.15) is 11.5 Å². The molecule has 18 heavy (non-hydrogen) atoms. The van der Waals surface area contributed by atoms with E-state index in [4.69, 9.17) is 14.9 Å². The van der Waals surface area contributed by atoms with Gasteiger partial charge in [-0.3, -0.25) is 0 Å². The standard InChI is InChI=1S/C13H16N2O2S/c1-8-9(2)17-13(15-8)18-7-10-4-5-11(14)6-12(10)16-3/h4-6H,7,14H2,1-3H3. The number of methoxy groups -OCH3 is 1. The molecule has 0 aliphatic carbocycles. The average Bonchev–Trinajstić information content (AvgIpc) is 2.67. The van der Waals surface area contributed by atoms with Gasteiger partial charge in [-0.2, -0.15) is 0 Å². The zero-order valence-corrected chi connectivity index (χ0v) is 11.5. The third kappa shape index (κ3) is 2.79. The summed E-state index contributed by atoms with van der Waals surface area (Å²) in [4.78, 5) is 4.33. The van der Waals surface area contributed by atoms with Crippen molar-refractivity contribution in [3.63, 3.8) is 0 Å². The molecule has 2 rings (SSSR count). The molecule has 5 heteroatoms. The van der Waals surface area contributed by atoms with E-state index in [9.17, 15) is 0 Å². The highest BCUT2D eigenvalue weighted by Crippen LogP contribution is 2.29. The predicted molar refractivity (Wildman–Crippen MR) is 72.9 cm³/mol. The van der Waals surface area contributed by atoms with Gasteiger partial charge in [0.15, 0.2) is 0 Å². The fraction of sp³-hybridized carbons (Fsp3) is 0.308. The van der Waals surface area contributed by atoms with Crippen LogP contribution in [-0.2, 0) is 5.75 Å². The quantitative estimate of drug-likeness (QED) is 0.679. The van der Waals surface area contributed by atoms with Crippen LogP contribution in [0.3, 0.4) is 0 Å². The predicted octanol–water partition coefficient (Wildman–Crippen LogP) is 3.17. The van der Waals surface area contributed by atoms with E-state index in [0.29, 0.717) is 10.9 Å². The van der Waals surface area contributed by atoms with E-state index in [2.05, 4.69) is 4.98 Å². The Morgan fingerprint density at radius 1 is 1.39 bits per heavy atom. The summed E-state index contributed by atoms with van der Waals surface area (Å²) in [6.07, 6.45) is 0. The minimum atomic E-state index is 0.684. The van der Waals surface area contributed by atoms with E-state index in [1.165, 1.54) is 0 Å². The van der Waals surface area contributed by atoms with Gasteiger partial charge >= 0.3 is 0 Å². The molecule has 0 spiro atoms. The minimum absolute atomic E-state index is 0.684. The van der Waals surface area contributed by atoms with Crippen molar-refractivity contribution in [2.24, 2.45) is 0 Å². The number of nitrogens with zero attached hydrogens (tertiary/aromatic N) is 1. The summed E-state index contributed by atoms with van der Waals surface area (Å²) >= 11 is 1.55. The van der Waals surface area contributed by atoms with E-state index >= 15 is 0 Å². The van der Waals surface area contributed by atoms with E-state index in [0.717, 1.165) is 28.5 Å². The molecule has 1 aromatic carbocycles. The summed E-state index contributed by atoms with van der Waals surface area (Å²) in [5.41, 5.74) is 8.42. The molecule has 0 aliphatic rings. The first-order valence-corrected chi connectivity index (χ1v) is 6.58. The van der Waals surface area contributed by atoms with Crippen LogP contribution >= 0.6 is 11.8 Å². The van der Waals surface area contributed by atoms with Crippen molar-refractivity contribution in [1.29, 1.82) is 0 Å². The number of oxazole rings is 1. The molecule has 0 saturated heterocycles. The van der Waals surface area contributed by atoms with E-state index < -0.39 is 0 Å². The summed E-state index contributed by atoms with van der Waals surface area (Å²) in [5.74, 6) is 2.40. The first kappa shape index (κ1) is 12.8. The average molecular weight is 264 g/mol. The number of thioether (sulfide) groups is 1. The SMILES string of the molecule is COc1cc(N)ccc1CSc1nc(C)c(C)o1. The first-order valence-electron chi connectivity index (χ1n) is 5.59. The van der Waals surface area contributed by atoms with Gasteiger partial charge < -0.3 is 14.9 Å². The van der Waals surface area contributed by atoms with Crippen molar-refractivity contribution < 1.29 is 9.15 Å². The molecule has 0 atom stereocenters. The topological polar surface area (TPSA) is 61.3 Å². The molecule has 2 aromatic rings. The third-order valence-corrected chi connectivity index (χ3v) is 3.55. The highest BCUT2D eigenvalue weighted by molar-refractivity contribution is 7.98. The Morgan fingerprint density at radius 3 is 2.78 bits per heavy atom. The van der Waals surface area contributed by atoms with Gasteiger partial charge in [-0.05, 0) is 19.9 Å². The van der Waals surface area contributed by atoms with Gasteiger partial charge in [0.25, 0.3) is 5.22 Å². The summed E-state index contributed by atoms with van der Waals surface area (Å²) in [7, 11) is 1.64. The van der Waals surface area contributed by atoms with Crippen LogP contribution in [-0.4, -0.2) is 12.1 Å². The summed E-state index contributed by atoms with van der Waals surface area (Å²) in [6, 6.07) is 5.65. The second-order valence-corrected chi connectivity index (χ2v) is 4.91. The molecule has 0 amide bonds. The maximum absolute atomic E-state index is 5.72. The van der Waals surface area contributed by atoms with Crippen molar-refractivity contribution in [1.82, 2.24) is 4.98 Å². The number of anilines is 1. The Morgan fingerprint density at radius 2 is 2.17 bits per heavy atom. The Balaban J connectivity index is 2.10. The van der Waals surface area contributed by atoms with E-state index in [1.54, 1.807) is 18.9 Å². The number of hydrogen-bond donors (Lipinski definition) is 1. The van der Waals surface area contributed by atoms with Crippen LogP contribution in [0, 0.1) is 13.8 Å². The molecule has 0 bridgehead atoms. The highest BCUT2D eigenvalue weighted by Gasteiger charge is 2.09. The van der Waals surface area contributed by atoms with Gasteiger partial charge in [-0.25, -0.2) is 4.98 Å².